The molecule has 0 unspecified atom stereocenters. The van der Waals surface area contributed by atoms with E-state index in [0.29, 0.717) is 0 Å². The summed E-state index contributed by atoms with van der Waals surface area (Å²) >= 11 is 0. The topological polar surface area (TPSA) is 16.4 Å². The number of furan rings is 1. The van der Waals surface area contributed by atoms with Crippen LogP contribution in [0.1, 0.15) is 0 Å². The summed E-state index contributed by atoms with van der Waals surface area (Å²) in [6, 6.07) is 67.6. The fraction of sp³-hybridized carbons (Fsp3) is 0. The van der Waals surface area contributed by atoms with Gasteiger partial charge < -0.3 is 9.32 Å². The van der Waals surface area contributed by atoms with E-state index in [1.54, 1.807) is 0 Å². The molecule has 0 saturated carbocycles. The monoisotopic (exact) mass is 637 g/mol. The van der Waals surface area contributed by atoms with Crippen molar-refractivity contribution in [1.82, 2.24) is 0 Å². The number of hydrogen-bond acceptors (Lipinski definition) is 2. The van der Waals surface area contributed by atoms with Crippen LogP contribution in [-0.2, 0) is 0 Å². The lowest BCUT2D eigenvalue weighted by molar-refractivity contribution is 0.669. The fourth-order valence-corrected chi connectivity index (χ4v) is 7.55. The molecule has 0 amide bonds. The molecule has 1 heterocycles. The first-order valence-corrected chi connectivity index (χ1v) is 17.1. The Morgan fingerprint density at radius 1 is 0.320 bits per heavy atom. The van der Waals surface area contributed by atoms with E-state index >= 15 is 0 Å². The molecular weight excluding hydrogens is 607 g/mol. The van der Waals surface area contributed by atoms with Crippen LogP contribution in [0.3, 0.4) is 0 Å². The van der Waals surface area contributed by atoms with Crippen LogP contribution in [0.15, 0.2) is 192 Å². The average Bonchev–Trinajstić information content (AvgIpc) is 3.54. The highest BCUT2D eigenvalue weighted by molar-refractivity contribution is 6.11. The van der Waals surface area contributed by atoms with E-state index < -0.39 is 0 Å². The number of nitrogens with zero attached hydrogens (tertiary/aromatic N) is 1. The van der Waals surface area contributed by atoms with Gasteiger partial charge >= 0.3 is 0 Å². The van der Waals surface area contributed by atoms with Crippen LogP contribution >= 0.6 is 0 Å². The predicted molar refractivity (Wildman–Crippen MR) is 212 cm³/mol. The van der Waals surface area contributed by atoms with E-state index in [4.69, 9.17) is 4.42 Å². The van der Waals surface area contributed by atoms with Crippen molar-refractivity contribution in [2.24, 2.45) is 0 Å². The maximum Gasteiger partial charge on any atom is 0.136 e. The molecule has 10 rings (SSSR count). The molecule has 0 radical (unpaired) electrons. The second kappa shape index (κ2) is 11.5. The first-order chi connectivity index (χ1) is 24.8. The van der Waals surface area contributed by atoms with E-state index in [2.05, 4.69) is 193 Å². The van der Waals surface area contributed by atoms with E-state index in [-0.39, 0.29) is 0 Å². The van der Waals surface area contributed by atoms with Gasteiger partial charge in [0.15, 0.2) is 0 Å². The van der Waals surface area contributed by atoms with Gasteiger partial charge in [0.25, 0.3) is 0 Å². The largest absolute Gasteiger partial charge is 0.456 e. The normalized spacial score (nSPS) is 11.6. The molecule has 0 N–H and O–H groups in total. The maximum absolute atomic E-state index is 6.37. The lowest BCUT2D eigenvalue weighted by Gasteiger charge is -2.28. The molecular formula is C48H31NO. The summed E-state index contributed by atoms with van der Waals surface area (Å²) in [6.45, 7) is 0. The Bertz CT molecular complexity index is 2870. The lowest BCUT2D eigenvalue weighted by Crippen LogP contribution is -2.11. The Balaban J connectivity index is 1.14. The first kappa shape index (κ1) is 28.4. The summed E-state index contributed by atoms with van der Waals surface area (Å²) in [7, 11) is 0. The van der Waals surface area contributed by atoms with Gasteiger partial charge in [0, 0.05) is 27.7 Å². The fourth-order valence-electron chi connectivity index (χ4n) is 7.55. The van der Waals surface area contributed by atoms with Crippen molar-refractivity contribution < 1.29 is 4.42 Å². The zero-order valence-electron chi connectivity index (χ0n) is 27.3. The molecule has 10 aromatic rings. The quantitative estimate of drug-likeness (QED) is 0.187. The molecule has 0 aliphatic heterocycles. The average molecular weight is 638 g/mol. The van der Waals surface area contributed by atoms with Crippen LogP contribution in [0, 0.1) is 0 Å². The van der Waals surface area contributed by atoms with Gasteiger partial charge in [0.05, 0.1) is 5.69 Å². The van der Waals surface area contributed by atoms with Gasteiger partial charge in [-0.3, -0.25) is 0 Å². The van der Waals surface area contributed by atoms with E-state index in [0.717, 1.165) is 50.1 Å². The van der Waals surface area contributed by atoms with Crippen LogP contribution in [0.4, 0.5) is 17.1 Å². The van der Waals surface area contributed by atoms with Crippen molar-refractivity contribution in [3.8, 4) is 22.3 Å². The molecule has 0 spiro atoms. The molecule has 0 bridgehead atoms. The van der Waals surface area contributed by atoms with Crippen LogP contribution in [-0.4, -0.2) is 0 Å². The van der Waals surface area contributed by atoms with Crippen LogP contribution < -0.4 is 4.90 Å². The van der Waals surface area contributed by atoms with Gasteiger partial charge in [-0.2, -0.15) is 0 Å². The number of benzene rings is 9. The first-order valence-electron chi connectivity index (χ1n) is 17.1. The molecule has 0 atom stereocenters. The lowest BCUT2D eigenvalue weighted by atomic mass is 9.97. The van der Waals surface area contributed by atoms with Crippen LogP contribution in [0.5, 0.6) is 0 Å². The SMILES string of the molecule is c1ccc(N(c2ccc(-c3cccc4ccccc34)cc2)c2ccc3ccccc3c2)c(-c2ccc3oc4cc5ccccc5cc4c3c2)c1. The molecule has 2 nitrogen and oxygen atoms in total. The standard InChI is InChI=1S/C48H31NO/c1-2-12-35-28-40(26-20-32(35)10-1)49(39-24-21-34(22-25-39)42-18-9-15-33-11-5-6-16-41(33)42)46-19-8-7-17-43(46)38-23-27-47-44(30-38)45-29-36-13-3-4-14-37(36)31-48(45)50-47/h1-31H. The third-order valence-electron chi connectivity index (χ3n) is 10.0. The van der Waals surface area contributed by atoms with Gasteiger partial charge in [-0.15, -0.1) is 0 Å². The molecule has 0 aliphatic rings. The van der Waals surface area contributed by atoms with Crippen molar-refractivity contribution in [2.45, 2.75) is 0 Å². The Morgan fingerprint density at radius 3 is 1.76 bits per heavy atom. The van der Waals surface area contributed by atoms with Gasteiger partial charge in [-0.05, 0) is 104 Å². The van der Waals surface area contributed by atoms with E-state index in [9.17, 15) is 0 Å². The van der Waals surface area contributed by atoms with Crippen molar-refractivity contribution in [3.05, 3.63) is 188 Å². The summed E-state index contributed by atoms with van der Waals surface area (Å²) in [6.07, 6.45) is 0. The molecule has 1 aromatic heterocycles. The maximum atomic E-state index is 6.37. The Morgan fingerprint density at radius 2 is 0.920 bits per heavy atom. The van der Waals surface area contributed by atoms with Gasteiger partial charge in [0.1, 0.15) is 11.2 Å². The third kappa shape index (κ3) is 4.73. The minimum Gasteiger partial charge on any atom is -0.456 e. The van der Waals surface area contributed by atoms with Gasteiger partial charge in [-0.25, -0.2) is 0 Å². The van der Waals surface area contributed by atoms with Crippen molar-refractivity contribution in [2.75, 3.05) is 4.90 Å². The number of anilines is 3. The number of para-hydroxylation sites is 1. The smallest absolute Gasteiger partial charge is 0.136 e. The summed E-state index contributed by atoms with van der Waals surface area (Å²) in [5.41, 5.74) is 9.84. The Labute approximate surface area is 290 Å². The predicted octanol–water partition coefficient (Wildman–Crippen LogP) is 13.8. The van der Waals surface area contributed by atoms with E-state index in [1.165, 1.54) is 43.4 Å². The summed E-state index contributed by atoms with van der Waals surface area (Å²) in [5.74, 6) is 0. The van der Waals surface area contributed by atoms with Crippen LogP contribution in [0.25, 0.3) is 76.5 Å². The highest BCUT2D eigenvalue weighted by Crippen LogP contribution is 2.44. The molecule has 234 valence electrons. The molecule has 0 fully saturated rings. The Kier molecular flexibility index (Phi) is 6.53. The third-order valence-corrected chi connectivity index (χ3v) is 10.0. The second-order valence-corrected chi connectivity index (χ2v) is 13.0. The second-order valence-electron chi connectivity index (χ2n) is 13.0. The van der Waals surface area contributed by atoms with Gasteiger partial charge in [0.2, 0.25) is 0 Å². The molecule has 9 aromatic carbocycles. The number of fused-ring (bicyclic) bond motifs is 6. The molecule has 0 saturated heterocycles. The van der Waals surface area contributed by atoms with E-state index in [1.807, 2.05) is 0 Å². The molecule has 2 heteroatoms. The highest BCUT2D eigenvalue weighted by Gasteiger charge is 2.19. The van der Waals surface area contributed by atoms with Gasteiger partial charge in [-0.1, -0.05) is 133 Å². The van der Waals surface area contributed by atoms with Crippen molar-refractivity contribution in [1.29, 1.82) is 0 Å². The summed E-state index contributed by atoms with van der Waals surface area (Å²) in [5, 5.41) is 9.58. The minimum atomic E-state index is 0.895. The Hall–Kier alpha value is -6.64. The van der Waals surface area contributed by atoms with Crippen LogP contribution in [0.2, 0.25) is 0 Å². The zero-order chi connectivity index (χ0) is 33.0. The zero-order valence-corrected chi connectivity index (χ0v) is 27.3. The highest BCUT2D eigenvalue weighted by atomic mass is 16.3. The molecule has 50 heavy (non-hydrogen) atoms. The number of hydrogen-bond donors (Lipinski definition) is 0. The molecule has 0 aliphatic carbocycles. The number of rotatable bonds is 5. The summed E-state index contributed by atoms with van der Waals surface area (Å²) < 4.78 is 6.37. The summed E-state index contributed by atoms with van der Waals surface area (Å²) in [4.78, 5) is 2.39. The minimum absolute atomic E-state index is 0.895. The van der Waals surface area contributed by atoms with Crippen molar-refractivity contribution >= 4 is 71.3 Å². The van der Waals surface area contributed by atoms with Crippen molar-refractivity contribution in [3.63, 3.8) is 0 Å².